The lowest BCUT2D eigenvalue weighted by Crippen LogP contribution is -2.55. The van der Waals surface area contributed by atoms with E-state index in [4.69, 9.17) is 10.5 Å². The number of hydrogen-bond acceptors (Lipinski definition) is 4. The van der Waals surface area contributed by atoms with E-state index in [2.05, 4.69) is 38.2 Å². The maximum absolute atomic E-state index is 13.6. The third-order valence-electron chi connectivity index (χ3n) is 8.16. The molecule has 7 heteroatoms. The zero-order valence-electron chi connectivity index (χ0n) is 25.0. The molecule has 1 heterocycles. The molecule has 1 atom stereocenters. The van der Waals surface area contributed by atoms with Crippen LogP contribution in [-0.2, 0) is 15.0 Å². The summed E-state index contributed by atoms with van der Waals surface area (Å²) < 4.78 is 6.04. The first-order valence-electron chi connectivity index (χ1n) is 14.4. The van der Waals surface area contributed by atoms with Gasteiger partial charge in [0.05, 0.1) is 24.4 Å². The Labute approximate surface area is 252 Å². The van der Waals surface area contributed by atoms with Crippen LogP contribution in [0.15, 0.2) is 97.1 Å². The smallest absolute Gasteiger partial charge is 0.255 e. The second-order valence-corrected chi connectivity index (χ2v) is 11.9. The lowest BCUT2D eigenvalue weighted by atomic mass is 9.65. The van der Waals surface area contributed by atoms with Crippen molar-refractivity contribution in [2.24, 2.45) is 5.73 Å². The molecule has 0 saturated carbocycles. The Morgan fingerprint density at radius 2 is 1.47 bits per heavy atom. The first-order chi connectivity index (χ1) is 20.5. The average Bonchev–Trinajstić information content (AvgIpc) is 2.98. The van der Waals surface area contributed by atoms with Gasteiger partial charge in [-0.2, -0.15) is 0 Å². The summed E-state index contributed by atoms with van der Waals surface area (Å²) in [6, 6.07) is 31.3. The van der Waals surface area contributed by atoms with E-state index < -0.39 is 16.9 Å². The molecule has 5 rings (SSSR count). The van der Waals surface area contributed by atoms with Gasteiger partial charge >= 0.3 is 0 Å². The van der Waals surface area contributed by atoms with Crippen LogP contribution in [-0.4, -0.2) is 29.9 Å². The van der Waals surface area contributed by atoms with Crippen LogP contribution in [0.4, 0.5) is 11.4 Å². The van der Waals surface area contributed by atoms with Crippen LogP contribution in [0.5, 0.6) is 5.75 Å². The fourth-order valence-corrected chi connectivity index (χ4v) is 6.34. The third kappa shape index (κ3) is 6.02. The Morgan fingerprint density at radius 1 is 0.860 bits per heavy atom. The Morgan fingerprint density at radius 3 is 2.07 bits per heavy atom. The van der Waals surface area contributed by atoms with Crippen LogP contribution in [0.2, 0.25) is 0 Å². The first kappa shape index (κ1) is 29.6. The number of ether oxygens (including phenoxy) is 1. The second kappa shape index (κ2) is 11.8. The van der Waals surface area contributed by atoms with E-state index >= 15 is 0 Å². The third-order valence-corrected chi connectivity index (χ3v) is 8.16. The summed E-state index contributed by atoms with van der Waals surface area (Å²) in [5.41, 5.74) is 10.1. The molecule has 4 aromatic carbocycles. The Balaban J connectivity index is 1.59. The molecule has 0 bridgehead atoms. The fraction of sp³-hybridized carbons (Fsp3) is 0.250. The van der Waals surface area contributed by atoms with E-state index in [9.17, 15) is 14.4 Å². The lowest BCUT2D eigenvalue weighted by Gasteiger charge is -2.51. The van der Waals surface area contributed by atoms with Gasteiger partial charge in [0.2, 0.25) is 11.8 Å². The minimum absolute atomic E-state index is 0.00899. The minimum atomic E-state index is -0.515. The number of carbonyl (C=O) groups is 3. The van der Waals surface area contributed by atoms with Crippen molar-refractivity contribution in [2.45, 2.75) is 51.5 Å². The molecule has 1 aliphatic rings. The molecule has 220 valence electrons. The number of primary amides is 1. The van der Waals surface area contributed by atoms with Gasteiger partial charge in [-0.05, 0) is 60.7 Å². The highest BCUT2D eigenvalue weighted by atomic mass is 16.5. The van der Waals surface area contributed by atoms with E-state index in [1.165, 1.54) is 0 Å². The van der Waals surface area contributed by atoms with Crippen LogP contribution in [0.3, 0.4) is 0 Å². The summed E-state index contributed by atoms with van der Waals surface area (Å²) in [5.74, 6) is -0.543. The van der Waals surface area contributed by atoms with Crippen molar-refractivity contribution in [3.63, 3.8) is 0 Å². The topological polar surface area (TPSA) is 102 Å². The number of nitrogens with zero attached hydrogens (tertiary/aromatic N) is 1. The summed E-state index contributed by atoms with van der Waals surface area (Å²) in [6.07, 6.45) is 0.669. The van der Waals surface area contributed by atoms with Gasteiger partial charge in [-0.3, -0.25) is 14.4 Å². The minimum Gasteiger partial charge on any atom is -0.491 e. The maximum Gasteiger partial charge on any atom is 0.255 e. The summed E-state index contributed by atoms with van der Waals surface area (Å²) >= 11 is 0. The lowest BCUT2D eigenvalue weighted by molar-refractivity contribution is -0.119. The molecule has 0 aromatic heterocycles. The van der Waals surface area contributed by atoms with E-state index in [0.29, 0.717) is 29.1 Å². The standard InChI is InChI=1S/C36H37N3O4/c1-24(40)39-31-22-32(43-20-19-33(37)41)30(21-29(31)36(4,23-35(39,2)3)28-13-9-6-10-14-28)38-34(42)27-17-15-26(16-18-27)25-11-7-5-8-12-25/h5-18,21-22H,19-20,23H2,1-4H3,(H2,37,41)(H,38,42). The fourth-order valence-electron chi connectivity index (χ4n) is 6.34. The van der Waals surface area contributed by atoms with Crippen molar-refractivity contribution in [2.75, 3.05) is 16.8 Å². The van der Waals surface area contributed by atoms with Gasteiger partial charge < -0.3 is 20.7 Å². The molecule has 1 aliphatic heterocycles. The molecule has 7 nitrogen and oxygen atoms in total. The van der Waals surface area contributed by atoms with E-state index in [1.54, 1.807) is 30.0 Å². The first-order valence-corrected chi connectivity index (χ1v) is 14.4. The summed E-state index contributed by atoms with van der Waals surface area (Å²) in [4.78, 5) is 39.9. The van der Waals surface area contributed by atoms with E-state index in [0.717, 1.165) is 22.3 Å². The number of rotatable bonds is 8. The number of nitrogens with one attached hydrogen (secondary N) is 1. The summed E-state index contributed by atoms with van der Waals surface area (Å²) in [6.45, 7) is 7.87. The largest absolute Gasteiger partial charge is 0.491 e. The molecule has 0 fully saturated rings. The molecule has 0 aliphatic carbocycles. The number of fused-ring (bicyclic) bond motifs is 1. The van der Waals surface area contributed by atoms with Crippen molar-refractivity contribution in [1.29, 1.82) is 0 Å². The number of nitrogens with two attached hydrogens (primary N) is 1. The van der Waals surface area contributed by atoms with Crippen molar-refractivity contribution >= 4 is 29.1 Å². The van der Waals surface area contributed by atoms with Crippen molar-refractivity contribution in [3.8, 4) is 16.9 Å². The van der Waals surface area contributed by atoms with Crippen LogP contribution < -0.4 is 20.7 Å². The summed E-state index contributed by atoms with van der Waals surface area (Å²) in [7, 11) is 0. The number of amides is 3. The highest BCUT2D eigenvalue weighted by Gasteiger charge is 2.47. The normalized spacial score (nSPS) is 17.1. The quantitative estimate of drug-likeness (QED) is 0.244. The highest BCUT2D eigenvalue weighted by Crippen LogP contribution is 2.53. The van der Waals surface area contributed by atoms with Crippen molar-refractivity contribution in [1.82, 2.24) is 0 Å². The van der Waals surface area contributed by atoms with Gasteiger partial charge in [-0.1, -0.05) is 79.7 Å². The summed E-state index contributed by atoms with van der Waals surface area (Å²) in [5, 5.41) is 3.04. The number of anilines is 2. The molecule has 3 amide bonds. The van der Waals surface area contributed by atoms with Crippen LogP contribution in [0.1, 0.15) is 62.0 Å². The second-order valence-electron chi connectivity index (χ2n) is 11.9. The van der Waals surface area contributed by atoms with Gasteiger partial charge in [0.25, 0.3) is 5.91 Å². The molecule has 4 aromatic rings. The van der Waals surface area contributed by atoms with Crippen molar-refractivity contribution < 1.29 is 19.1 Å². The predicted molar refractivity (Wildman–Crippen MR) is 170 cm³/mol. The van der Waals surface area contributed by atoms with Gasteiger partial charge in [-0.25, -0.2) is 0 Å². The van der Waals surface area contributed by atoms with Crippen molar-refractivity contribution in [3.05, 3.63) is 114 Å². The number of carbonyl (C=O) groups excluding carboxylic acids is 3. The monoisotopic (exact) mass is 575 g/mol. The molecular formula is C36H37N3O4. The van der Waals surface area contributed by atoms with Gasteiger partial charge in [0.15, 0.2) is 0 Å². The average molecular weight is 576 g/mol. The molecule has 0 radical (unpaired) electrons. The number of hydrogen-bond donors (Lipinski definition) is 2. The van der Waals surface area contributed by atoms with E-state index in [1.807, 2.05) is 66.7 Å². The van der Waals surface area contributed by atoms with Gasteiger partial charge in [0, 0.05) is 29.5 Å². The van der Waals surface area contributed by atoms with Gasteiger partial charge in [0.1, 0.15) is 5.75 Å². The molecule has 0 saturated heterocycles. The predicted octanol–water partition coefficient (Wildman–Crippen LogP) is 6.70. The molecule has 43 heavy (non-hydrogen) atoms. The van der Waals surface area contributed by atoms with E-state index in [-0.39, 0.29) is 24.8 Å². The zero-order valence-corrected chi connectivity index (χ0v) is 25.0. The van der Waals surface area contributed by atoms with Crippen LogP contribution in [0, 0.1) is 0 Å². The Kier molecular flexibility index (Phi) is 8.09. The molecule has 3 N–H and O–H groups in total. The zero-order chi connectivity index (χ0) is 30.8. The number of benzene rings is 4. The molecule has 0 spiro atoms. The Hall–Kier alpha value is -4.91. The molecule has 1 unspecified atom stereocenters. The Bertz CT molecular complexity index is 1650. The van der Waals surface area contributed by atoms with Crippen LogP contribution in [0.25, 0.3) is 11.1 Å². The van der Waals surface area contributed by atoms with Crippen LogP contribution >= 0.6 is 0 Å². The SMILES string of the molecule is CC(=O)N1c2cc(OCCC(N)=O)c(NC(=O)c3ccc(-c4ccccc4)cc3)cc2C(C)(c2ccccc2)CC1(C)C. The van der Waals surface area contributed by atoms with Gasteiger partial charge in [-0.15, -0.1) is 0 Å². The highest BCUT2D eigenvalue weighted by molar-refractivity contribution is 6.06. The molecular weight excluding hydrogens is 538 g/mol. The maximum atomic E-state index is 13.6.